The molecule has 1 saturated heterocycles. The molecule has 2 fully saturated rings. The van der Waals surface area contributed by atoms with Gasteiger partial charge in [-0.2, -0.15) is 4.31 Å². The smallest absolute Gasteiger partial charge is 0.248 e. The van der Waals surface area contributed by atoms with E-state index in [4.69, 9.17) is 14.0 Å². The summed E-state index contributed by atoms with van der Waals surface area (Å²) in [5, 5.41) is 3.78. The van der Waals surface area contributed by atoms with Gasteiger partial charge in [-0.25, -0.2) is 8.42 Å². The highest BCUT2D eigenvalue weighted by Gasteiger charge is 2.44. The molecule has 3 unspecified atom stereocenters. The molecule has 0 radical (unpaired) electrons. The van der Waals surface area contributed by atoms with Crippen molar-refractivity contribution in [1.29, 1.82) is 0 Å². The standard InChI is InChI=1S/C14H22N2O5S/c1-9-14(10(2)21-15-9)22(17,18)16-6-7-20-13-5-4-11(19-3)8-12(13)16/h11-13H,4-8H2,1-3H3. The van der Waals surface area contributed by atoms with Gasteiger partial charge in [-0.05, 0) is 33.1 Å². The van der Waals surface area contributed by atoms with E-state index in [1.54, 1.807) is 25.3 Å². The van der Waals surface area contributed by atoms with Gasteiger partial charge in [-0.1, -0.05) is 5.16 Å². The summed E-state index contributed by atoms with van der Waals surface area (Å²) >= 11 is 0. The van der Waals surface area contributed by atoms with Gasteiger partial charge in [0.15, 0.2) is 5.76 Å². The molecule has 0 bridgehead atoms. The number of hydrogen-bond acceptors (Lipinski definition) is 6. The first-order valence-electron chi connectivity index (χ1n) is 7.54. The number of hydrogen-bond donors (Lipinski definition) is 0. The Hall–Kier alpha value is -0.960. The van der Waals surface area contributed by atoms with Gasteiger partial charge in [0, 0.05) is 13.7 Å². The fourth-order valence-corrected chi connectivity index (χ4v) is 5.45. The summed E-state index contributed by atoms with van der Waals surface area (Å²) in [4.78, 5) is 0.188. The monoisotopic (exact) mass is 330 g/mol. The lowest BCUT2D eigenvalue weighted by atomic mass is 9.89. The lowest BCUT2D eigenvalue weighted by Crippen LogP contribution is -2.56. The predicted molar refractivity (Wildman–Crippen MR) is 78.0 cm³/mol. The molecule has 0 N–H and O–H groups in total. The molecule has 3 rings (SSSR count). The third-order valence-corrected chi connectivity index (χ3v) is 6.76. The number of aromatic nitrogens is 1. The minimum absolute atomic E-state index is 0.0598. The molecule has 8 heteroatoms. The van der Waals surface area contributed by atoms with E-state index in [0.29, 0.717) is 31.0 Å². The van der Waals surface area contributed by atoms with E-state index in [1.807, 2.05) is 0 Å². The molecule has 0 amide bonds. The summed E-state index contributed by atoms with van der Waals surface area (Å²) in [5.41, 5.74) is 0.402. The van der Waals surface area contributed by atoms with Crippen LogP contribution in [0.3, 0.4) is 0 Å². The van der Waals surface area contributed by atoms with Crippen LogP contribution in [0.5, 0.6) is 0 Å². The number of nitrogens with zero attached hydrogens (tertiary/aromatic N) is 2. The predicted octanol–water partition coefficient (Wildman–Crippen LogP) is 1.25. The summed E-state index contributed by atoms with van der Waals surface area (Å²) in [6.45, 7) is 4.05. The van der Waals surface area contributed by atoms with Crippen LogP contribution in [0.4, 0.5) is 0 Å². The Morgan fingerprint density at radius 3 is 2.73 bits per heavy atom. The summed E-state index contributed by atoms with van der Waals surface area (Å²) < 4.78 is 43.9. The lowest BCUT2D eigenvalue weighted by molar-refractivity contribution is -0.0883. The molecule has 0 aromatic carbocycles. The van der Waals surface area contributed by atoms with Gasteiger partial charge in [0.2, 0.25) is 10.0 Å². The average molecular weight is 330 g/mol. The van der Waals surface area contributed by atoms with Gasteiger partial charge in [0.05, 0.1) is 24.9 Å². The molecule has 7 nitrogen and oxygen atoms in total. The Morgan fingerprint density at radius 1 is 1.32 bits per heavy atom. The zero-order chi connectivity index (χ0) is 15.9. The normalized spacial score (nSPS) is 30.2. The zero-order valence-electron chi connectivity index (χ0n) is 13.1. The van der Waals surface area contributed by atoms with Crippen molar-refractivity contribution in [2.75, 3.05) is 20.3 Å². The van der Waals surface area contributed by atoms with Crippen molar-refractivity contribution >= 4 is 10.0 Å². The van der Waals surface area contributed by atoms with Crippen molar-refractivity contribution in [1.82, 2.24) is 9.46 Å². The molecular weight excluding hydrogens is 308 g/mol. The zero-order valence-corrected chi connectivity index (χ0v) is 13.9. The van der Waals surface area contributed by atoms with Crippen molar-refractivity contribution in [3.8, 4) is 0 Å². The molecule has 124 valence electrons. The molecule has 1 aromatic rings. The topological polar surface area (TPSA) is 81.9 Å². The van der Waals surface area contributed by atoms with Crippen LogP contribution in [0.15, 0.2) is 9.42 Å². The Bertz CT molecular complexity index is 622. The first kappa shape index (κ1) is 15.9. The van der Waals surface area contributed by atoms with Crippen molar-refractivity contribution in [2.24, 2.45) is 0 Å². The molecule has 1 aliphatic carbocycles. The van der Waals surface area contributed by atoms with Crippen molar-refractivity contribution in [3.63, 3.8) is 0 Å². The summed E-state index contributed by atoms with van der Waals surface area (Å²) in [7, 11) is -1.97. The minimum atomic E-state index is -3.64. The van der Waals surface area contributed by atoms with Crippen LogP contribution in [0.2, 0.25) is 0 Å². The van der Waals surface area contributed by atoms with Gasteiger partial charge in [0.1, 0.15) is 10.6 Å². The van der Waals surface area contributed by atoms with E-state index in [9.17, 15) is 8.42 Å². The van der Waals surface area contributed by atoms with Gasteiger partial charge in [-0.3, -0.25) is 0 Å². The summed E-state index contributed by atoms with van der Waals surface area (Å²) in [5.74, 6) is 0.333. The highest BCUT2D eigenvalue weighted by Crippen LogP contribution is 2.34. The quantitative estimate of drug-likeness (QED) is 0.829. The SMILES string of the molecule is COC1CCC2OCCN(S(=O)(=O)c3c(C)noc3C)C2C1. The number of methoxy groups -OCH3 is 1. The fraction of sp³-hybridized carbons (Fsp3) is 0.786. The van der Waals surface area contributed by atoms with E-state index >= 15 is 0 Å². The summed E-state index contributed by atoms with van der Waals surface area (Å²) in [6.07, 6.45) is 2.39. The van der Waals surface area contributed by atoms with Crippen molar-refractivity contribution in [3.05, 3.63) is 11.5 Å². The number of morpholine rings is 1. The molecular formula is C14H22N2O5S. The van der Waals surface area contributed by atoms with Crippen LogP contribution in [0.25, 0.3) is 0 Å². The van der Waals surface area contributed by atoms with E-state index < -0.39 is 10.0 Å². The second-order valence-electron chi connectivity index (χ2n) is 5.92. The minimum Gasteiger partial charge on any atom is -0.381 e. The second kappa shape index (κ2) is 5.92. The highest BCUT2D eigenvalue weighted by atomic mass is 32.2. The number of rotatable bonds is 3. The van der Waals surface area contributed by atoms with Gasteiger partial charge in [-0.15, -0.1) is 0 Å². The second-order valence-corrected chi connectivity index (χ2v) is 7.74. The molecule has 2 aliphatic rings. The van der Waals surface area contributed by atoms with Crippen LogP contribution in [0, 0.1) is 13.8 Å². The van der Waals surface area contributed by atoms with Crippen LogP contribution in [-0.2, 0) is 19.5 Å². The van der Waals surface area contributed by atoms with E-state index in [0.717, 1.165) is 12.8 Å². The van der Waals surface area contributed by atoms with Gasteiger partial charge < -0.3 is 14.0 Å². The molecule has 1 aromatic heterocycles. The number of sulfonamides is 1. The van der Waals surface area contributed by atoms with E-state index in [1.165, 1.54) is 0 Å². The Morgan fingerprint density at radius 2 is 2.09 bits per heavy atom. The molecule has 1 saturated carbocycles. The Kier molecular flexibility index (Phi) is 4.28. The third kappa shape index (κ3) is 2.58. The van der Waals surface area contributed by atoms with Crippen molar-refractivity contribution in [2.45, 2.75) is 56.3 Å². The van der Waals surface area contributed by atoms with Crippen LogP contribution in [0.1, 0.15) is 30.7 Å². The third-order valence-electron chi connectivity index (χ3n) is 4.59. The van der Waals surface area contributed by atoms with Crippen LogP contribution in [-0.4, -0.2) is 56.4 Å². The Balaban J connectivity index is 1.95. The maximum Gasteiger partial charge on any atom is 0.248 e. The average Bonchev–Trinajstić information content (AvgIpc) is 2.85. The molecule has 22 heavy (non-hydrogen) atoms. The molecule has 3 atom stereocenters. The first-order chi connectivity index (χ1) is 10.4. The molecule has 0 spiro atoms. The highest BCUT2D eigenvalue weighted by molar-refractivity contribution is 7.89. The number of fused-ring (bicyclic) bond motifs is 1. The summed E-state index contributed by atoms with van der Waals surface area (Å²) in [6, 6.07) is -0.189. The van der Waals surface area contributed by atoms with E-state index in [2.05, 4.69) is 5.16 Å². The molecule has 1 aliphatic heterocycles. The first-order valence-corrected chi connectivity index (χ1v) is 8.98. The Labute approximate surface area is 130 Å². The maximum atomic E-state index is 13.1. The van der Waals surface area contributed by atoms with Crippen molar-refractivity contribution < 1.29 is 22.4 Å². The number of ether oxygens (including phenoxy) is 2. The number of aryl methyl sites for hydroxylation is 2. The lowest BCUT2D eigenvalue weighted by Gasteiger charge is -2.44. The maximum absolute atomic E-state index is 13.1. The van der Waals surface area contributed by atoms with E-state index in [-0.39, 0.29) is 23.1 Å². The largest absolute Gasteiger partial charge is 0.381 e. The van der Waals surface area contributed by atoms with Gasteiger partial charge >= 0.3 is 0 Å². The van der Waals surface area contributed by atoms with Crippen LogP contribution >= 0.6 is 0 Å². The fourth-order valence-electron chi connectivity index (χ4n) is 3.51. The van der Waals surface area contributed by atoms with Crippen LogP contribution < -0.4 is 0 Å². The van der Waals surface area contributed by atoms with Gasteiger partial charge in [0.25, 0.3) is 0 Å². The molecule has 2 heterocycles.